The Hall–Kier alpha value is -2.41. The standard InChI is InChI=1S/C12H8N4/c1-7-15-11-6-14-10-3-2-8(5-13)4-9(10)12(11)16-7/h2-4,6H,1H3,(H,15,16). The zero-order valence-electron chi connectivity index (χ0n) is 8.65. The molecule has 4 nitrogen and oxygen atoms in total. The van der Waals surface area contributed by atoms with Gasteiger partial charge in [0.25, 0.3) is 0 Å². The van der Waals surface area contributed by atoms with Crippen LogP contribution in [0, 0.1) is 18.3 Å². The number of pyridine rings is 1. The monoisotopic (exact) mass is 208 g/mol. The molecule has 0 aliphatic heterocycles. The number of aromatic amines is 1. The van der Waals surface area contributed by atoms with Gasteiger partial charge in [-0.15, -0.1) is 0 Å². The second-order valence-electron chi connectivity index (χ2n) is 3.68. The van der Waals surface area contributed by atoms with Crippen molar-refractivity contribution in [1.82, 2.24) is 15.0 Å². The number of nitrogens with zero attached hydrogens (tertiary/aromatic N) is 3. The Morgan fingerprint density at radius 3 is 3.00 bits per heavy atom. The highest BCUT2D eigenvalue weighted by molar-refractivity contribution is 6.02. The zero-order chi connectivity index (χ0) is 11.1. The second-order valence-corrected chi connectivity index (χ2v) is 3.68. The second kappa shape index (κ2) is 3.04. The van der Waals surface area contributed by atoms with E-state index in [-0.39, 0.29) is 0 Å². The Labute approximate surface area is 91.6 Å². The molecule has 0 aliphatic carbocycles. The van der Waals surface area contributed by atoms with Gasteiger partial charge in [0.1, 0.15) is 11.3 Å². The number of benzene rings is 1. The van der Waals surface area contributed by atoms with E-state index in [0.29, 0.717) is 5.56 Å². The molecule has 0 radical (unpaired) electrons. The molecule has 2 aromatic heterocycles. The fourth-order valence-corrected chi connectivity index (χ4v) is 1.86. The maximum Gasteiger partial charge on any atom is 0.108 e. The number of hydrogen-bond acceptors (Lipinski definition) is 3. The third-order valence-electron chi connectivity index (χ3n) is 2.57. The number of fused-ring (bicyclic) bond motifs is 3. The molecule has 0 spiro atoms. The largest absolute Gasteiger partial charge is 0.342 e. The lowest BCUT2D eigenvalue weighted by molar-refractivity contribution is 1.17. The first-order valence-corrected chi connectivity index (χ1v) is 4.93. The van der Waals surface area contributed by atoms with Gasteiger partial charge in [0.2, 0.25) is 0 Å². The van der Waals surface area contributed by atoms with Gasteiger partial charge in [-0.1, -0.05) is 0 Å². The SMILES string of the molecule is Cc1nc2cnc3ccc(C#N)cc3c2[nH]1. The van der Waals surface area contributed by atoms with Gasteiger partial charge in [-0.2, -0.15) is 5.26 Å². The van der Waals surface area contributed by atoms with Crippen molar-refractivity contribution in [3.8, 4) is 6.07 Å². The normalized spacial score (nSPS) is 10.8. The maximum absolute atomic E-state index is 8.88. The molecule has 4 heteroatoms. The van der Waals surface area contributed by atoms with Gasteiger partial charge in [-0.25, -0.2) is 4.98 Å². The van der Waals surface area contributed by atoms with Crippen LogP contribution in [0.5, 0.6) is 0 Å². The Balaban J connectivity index is 2.52. The molecule has 3 aromatic rings. The summed E-state index contributed by atoms with van der Waals surface area (Å²) < 4.78 is 0. The van der Waals surface area contributed by atoms with Gasteiger partial charge in [0, 0.05) is 5.39 Å². The van der Waals surface area contributed by atoms with E-state index in [9.17, 15) is 0 Å². The summed E-state index contributed by atoms with van der Waals surface area (Å²) in [6, 6.07) is 7.58. The van der Waals surface area contributed by atoms with Gasteiger partial charge < -0.3 is 4.98 Å². The van der Waals surface area contributed by atoms with Crippen LogP contribution in [0.3, 0.4) is 0 Å². The van der Waals surface area contributed by atoms with E-state index in [4.69, 9.17) is 5.26 Å². The summed E-state index contributed by atoms with van der Waals surface area (Å²) in [7, 11) is 0. The van der Waals surface area contributed by atoms with Crippen LogP contribution in [0.25, 0.3) is 21.9 Å². The topological polar surface area (TPSA) is 65.4 Å². The summed E-state index contributed by atoms with van der Waals surface area (Å²) in [5.74, 6) is 0.853. The van der Waals surface area contributed by atoms with E-state index < -0.39 is 0 Å². The minimum atomic E-state index is 0.633. The van der Waals surface area contributed by atoms with Crippen molar-refractivity contribution < 1.29 is 0 Å². The Kier molecular flexibility index (Phi) is 1.68. The van der Waals surface area contributed by atoms with Crippen LogP contribution in [-0.4, -0.2) is 15.0 Å². The predicted molar refractivity (Wildman–Crippen MR) is 60.8 cm³/mol. The average Bonchev–Trinajstić information content (AvgIpc) is 2.69. The van der Waals surface area contributed by atoms with Gasteiger partial charge in [-0.3, -0.25) is 4.98 Å². The number of nitriles is 1. The molecule has 0 saturated carbocycles. The Bertz CT molecular complexity index is 734. The molecule has 1 N–H and O–H groups in total. The summed E-state index contributed by atoms with van der Waals surface area (Å²) in [5.41, 5.74) is 3.28. The molecule has 0 fully saturated rings. The van der Waals surface area contributed by atoms with Crippen molar-refractivity contribution in [3.05, 3.63) is 35.8 Å². The first-order chi connectivity index (χ1) is 7.78. The van der Waals surface area contributed by atoms with E-state index in [2.05, 4.69) is 21.0 Å². The number of hydrogen-bond donors (Lipinski definition) is 1. The van der Waals surface area contributed by atoms with Crippen LogP contribution in [0.15, 0.2) is 24.4 Å². The van der Waals surface area contributed by atoms with Crippen molar-refractivity contribution in [2.45, 2.75) is 6.92 Å². The number of aromatic nitrogens is 3. The van der Waals surface area contributed by atoms with Gasteiger partial charge in [0.15, 0.2) is 0 Å². The van der Waals surface area contributed by atoms with Crippen LogP contribution in [0.2, 0.25) is 0 Å². The zero-order valence-corrected chi connectivity index (χ0v) is 8.65. The molecular weight excluding hydrogens is 200 g/mol. The molecule has 0 atom stereocenters. The fourth-order valence-electron chi connectivity index (χ4n) is 1.86. The number of aryl methyl sites for hydroxylation is 1. The van der Waals surface area contributed by atoms with Gasteiger partial charge in [0.05, 0.1) is 28.9 Å². The molecule has 1 aromatic carbocycles. The smallest absolute Gasteiger partial charge is 0.108 e. The number of imidazole rings is 1. The Morgan fingerprint density at radius 1 is 1.31 bits per heavy atom. The molecule has 76 valence electrons. The van der Waals surface area contributed by atoms with Gasteiger partial charge >= 0.3 is 0 Å². The summed E-state index contributed by atoms with van der Waals surface area (Å²) in [6.07, 6.45) is 1.74. The first kappa shape index (κ1) is 8.86. The molecule has 2 heterocycles. The van der Waals surface area contributed by atoms with Crippen molar-refractivity contribution in [2.24, 2.45) is 0 Å². The highest BCUT2D eigenvalue weighted by atomic mass is 14.9. The molecule has 0 bridgehead atoms. The third kappa shape index (κ3) is 1.15. The minimum Gasteiger partial charge on any atom is -0.342 e. The highest BCUT2D eigenvalue weighted by Gasteiger charge is 2.06. The quantitative estimate of drug-likeness (QED) is 0.616. The number of nitrogens with one attached hydrogen (secondary N) is 1. The van der Waals surface area contributed by atoms with E-state index in [1.165, 1.54) is 0 Å². The molecule has 16 heavy (non-hydrogen) atoms. The molecule has 0 amide bonds. The maximum atomic E-state index is 8.88. The summed E-state index contributed by atoms with van der Waals surface area (Å²) in [5, 5.41) is 9.82. The molecule has 0 aliphatic rings. The van der Waals surface area contributed by atoms with E-state index in [1.807, 2.05) is 19.1 Å². The first-order valence-electron chi connectivity index (χ1n) is 4.93. The lowest BCUT2D eigenvalue weighted by Gasteiger charge is -1.98. The van der Waals surface area contributed by atoms with Crippen LogP contribution < -0.4 is 0 Å². The lowest BCUT2D eigenvalue weighted by Crippen LogP contribution is -1.82. The molecule has 0 unspecified atom stereocenters. The van der Waals surface area contributed by atoms with E-state index in [1.54, 1.807) is 12.3 Å². The summed E-state index contributed by atoms with van der Waals surface area (Å²) in [6.45, 7) is 1.90. The van der Waals surface area contributed by atoms with Crippen LogP contribution in [-0.2, 0) is 0 Å². The number of H-pyrrole nitrogens is 1. The van der Waals surface area contributed by atoms with Gasteiger partial charge in [-0.05, 0) is 25.1 Å². The van der Waals surface area contributed by atoms with Crippen LogP contribution in [0.1, 0.15) is 11.4 Å². The third-order valence-corrected chi connectivity index (χ3v) is 2.57. The van der Waals surface area contributed by atoms with Crippen molar-refractivity contribution in [3.63, 3.8) is 0 Å². The summed E-state index contributed by atoms with van der Waals surface area (Å²) in [4.78, 5) is 11.8. The fraction of sp³-hybridized carbons (Fsp3) is 0.0833. The average molecular weight is 208 g/mol. The van der Waals surface area contributed by atoms with Crippen LogP contribution in [0.4, 0.5) is 0 Å². The molecular formula is C12H8N4. The minimum absolute atomic E-state index is 0.633. The van der Waals surface area contributed by atoms with E-state index >= 15 is 0 Å². The van der Waals surface area contributed by atoms with Crippen molar-refractivity contribution in [1.29, 1.82) is 5.26 Å². The Morgan fingerprint density at radius 2 is 2.19 bits per heavy atom. The van der Waals surface area contributed by atoms with Crippen molar-refractivity contribution >= 4 is 21.9 Å². The lowest BCUT2D eigenvalue weighted by atomic mass is 10.1. The van der Waals surface area contributed by atoms with Crippen molar-refractivity contribution in [2.75, 3.05) is 0 Å². The van der Waals surface area contributed by atoms with E-state index in [0.717, 1.165) is 27.8 Å². The van der Waals surface area contributed by atoms with Crippen LogP contribution >= 0.6 is 0 Å². The molecule has 0 saturated heterocycles. The summed E-state index contributed by atoms with van der Waals surface area (Å²) >= 11 is 0. The number of rotatable bonds is 0. The highest BCUT2D eigenvalue weighted by Crippen LogP contribution is 2.22. The predicted octanol–water partition coefficient (Wildman–Crippen LogP) is 2.29. The molecule has 3 rings (SSSR count).